The van der Waals surface area contributed by atoms with Gasteiger partial charge in [-0.1, -0.05) is 0 Å². The molecule has 0 amide bonds. The van der Waals surface area contributed by atoms with Gasteiger partial charge in [-0.3, -0.25) is 0 Å². The van der Waals surface area contributed by atoms with Crippen LogP contribution in [0.2, 0.25) is 0 Å². The van der Waals surface area contributed by atoms with Gasteiger partial charge in [0.15, 0.2) is 0 Å². The van der Waals surface area contributed by atoms with E-state index < -0.39 is 15.6 Å². The largest absolute Gasteiger partial charge is 0.382 e. The van der Waals surface area contributed by atoms with E-state index in [1.807, 2.05) is 11.8 Å². The Balaban J connectivity index is 1.97. The normalized spacial score (nSPS) is 23.2. The molecule has 1 fully saturated rings. The molecule has 118 valence electrons. The van der Waals surface area contributed by atoms with Gasteiger partial charge in [0.25, 0.3) is 0 Å². The third-order valence-corrected chi connectivity index (χ3v) is 6.33. The number of halogens is 2. The van der Waals surface area contributed by atoms with Crippen molar-refractivity contribution in [1.29, 1.82) is 0 Å². The van der Waals surface area contributed by atoms with Crippen LogP contribution < -0.4 is 5.32 Å². The molecule has 0 unspecified atom stereocenters. The highest BCUT2D eigenvalue weighted by molar-refractivity contribution is 7.99. The molecule has 0 radical (unpaired) electrons. The van der Waals surface area contributed by atoms with E-state index in [1.54, 1.807) is 12.1 Å². The van der Waals surface area contributed by atoms with Crippen LogP contribution in [0.15, 0.2) is 29.2 Å². The monoisotopic (exact) mass is 335 g/mol. The molecule has 21 heavy (non-hydrogen) atoms. The molecule has 0 aromatic heterocycles. The second kappa shape index (κ2) is 6.96. The summed E-state index contributed by atoms with van der Waals surface area (Å²) in [5.41, 5.74) is 0.774. The van der Waals surface area contributed by atoms with Crippen LogP contribution in [0.25, 0.3) is 0 Å². The summed E-state index contributed by atoms with van der Waals surface area (Å²) in [6.45, 7) is 0. The molecule has 0 bridgehead atoms. The highest BCUT2D eigenvalue weighted by atomic mass is 32.2. The number of anilines is 1. The molecule has 2 rings (SSSR count). The predicted molar refractivity (Wildman–Crippen MR) is 82.8 cm³/mol. The molecule has 1 N–H and O–H groups in total. The number of nitrogens with one attached hydrogen (secondary N) is 1. The molecular weight excluding hydrogens is 316 g/mol. The average Bonchev–Trinajstić information content (AvgIpc) is 2.48. The zero-order valence-electron chi connectivity index (χ0n) is 11.8. The number of thioether (sulfide) groups is 1. The van der Waals surface area contributed by atoms with Gasteiger partial charge in [0.2, 0.25) is 9.84 Å². The van der Waals surface area contributed by atoms with Gasteiger partial charge in [0.05, 0.1) is 4.90 Å². The summed E-state index contributed by atoms with van der Waals surface area (Å²) < 4.78 is 47.5. The molecule has 1 aliphatic rings. The summed E-state index contributed by atoms with van der Waals surface area (Å²) in [5.74, 6) is -3.38. The number of hydrogen-bond acceptors (Lipinski definition) is 4. The van der Waals surface area contributed by atoms with Crippen LogP contribution in [-0.2, 0) is 9.84 Å². The second-order valence-corrected chi connectivity index (χ2v) is 8.24. The van der Waals surface area contributed by atoms with Crippen LogP contribution in [0.3, 0.4) is 0 Å². The minimum atomic E-state index is -4.50. The van der Waals surface area contributed by atoms with E-state index in [9.17, 15) is 17.2 Å². The molecule has 0 saturated heterocycles. The maximum absolute atomic E-state index is 12.4. The van der Waals surface area contributed by atoms with Crippen LogP contribution in [0.5, 0.6) is 0 Å². The summed E-state index contributed by atoms with van der Waals surface area (Å²) >= 11 is 1.90. The van der Waals surface area contributed by atoms with Crippen molar-refractivity contribution in [2.75, 3.05) is 11.6 Å². The van der Waals surface area contributed by atoms with E-state index >= 15 is 0 Å². The number of sulfone groups is 1. The van der Waals surface area contributed by atoms with Crippen molar-refractivity contribution in [2.45, 2.75) is 47.6 Å². The maximum atomic E-state index is 12.4. The van der Waals surface area contributed by atoms with E-state index in [1.165, 1.54) is 12.1 Å². The fourth-order valence-corrected chi connectivity index (χ4v) is 3.99. The fraction of sp³-hybridized carbons (Fsp3) is 0.571. The smallest absolute Gasteiger partial charge is 0.341 e. The van der Waals surface area contributed by atoms with Crippen molar-refractivity contribution in [3.63, 3.8) is 0 Å². The van der Waals surface area contributed by atoms with Crippen LogP contribution in [0, 0.1) is 0 Å². The van der Waals surface area contributed by atoms with E-state index in [2.05, 4.69) is 11.6 Å². The van der Waals surface area contributed by atoms with Crippen LogP contribution >= 0.6 is 11.8 Å². The maximum Gasteiger partial charge on any atom is 0.341 e. The summed E-state index contributed by atoms with van der Waals surface area (Å²) in [5, 5.41) is 4.07. The van der Waals surface area contributed by atoms with E-state index in [4.69, 9.17) is 0 Å². The Morgan fingerprint density at radius 3 is 2.19 bits per heavy atom. The standard InChI is InChI=1S/C14H19F2NO2S2/c1-20-12-6-2-10(3-7-12)17-11-4-8-13(9-5-11)21(18,19)14(15)16/h4-5,8-10,12,14,17H,2-3,6-7H2,1H3. The fourth-order valence-electron chi connectivity index (χ4n) is 2.52. The van der Waals surface area contributed by atoms with Crippen molar-refractivity contribution in [1.82, 2.24) is 0 Å². The van der Waals surface area contributed by atoms with Gasteiger partial charge in [-0.15, -0.1) is 0 Å². The highest BCUT2D eigenvalue weighted by Gasteiger charge is 2.26. The molecule has 1 aromatic carbocycles. The lowest BCUT2D eigenvalue weighted by molar-refractivity contribution is 0.234. The molecule has 0 heterocycles. The summed E-state index contributed by atoms with van der Waals surface area (Å²) in [4.78, 5) is -0.339. The first-order chi connectivity index (χ1) is 9.93. The lowest BCUT2D eigenvalue weighted by Gasteiger charge is -2.28. The van der Waals surface area contributed by atoms with Crippen molar-refractivity contribution in [3.8, 4) is 0 Å². The number of alkyl halides is 2. The van der Waals surface area contributed by atoms with Crippen LogP contribution in [0.1, 0.15) is 25.7 Å². The first-order valence-corrected chi connectivity index (χ1v) is 9.68. The van der Waals surface area contributed by atoms with Gasteiger partial charge in [0, 0.05) is 17.0 Å². The van der Waals surface area contributed by atoms with Gasteiger partial charge < -0.3 is 5.32 Å². The van der Waals surface area contributed by atoms with Crippen molar-refractivity contribution >= 4 is 27.3 Å². The van der Waals surface area contributed by atoms with Crippen molar-refractivity contribution in [2.24, 2.45) is 0 Å². The lowest BCUT2D eigenvalue weighted by atomic mass is 9.95. The molecule has 3 nitrogen and oxygen atoms in total. The Hall–Kier alpha value is -0.820. The van der Waals surface area contributed by atoms with Gasteiger partial charge in [-0.05, 0) is 56.2 Å². The zero-order valence-corrected chi connectivity index (χ0v) is 13.4. The molecule has 1 aromatic rings. The third-order valence-electron chi connectivity index (χ3n) is 3.80. The third kappa shape index (κ3) is 4.10. The Labute approximate surface area is 128 Å². The van der Waals surface area contributed by atoms with Crippen molar-refractivity contribution in [3.05, 3.63) is 24.3 Å². The molecule has 0 aliphatic heterocycles. The second-order valence-electron chi connectivity index (χ2n) is 5.18. The zero-order chi connectivity index (χ0) is 15.5. The van der Waals surface area contributed by atoms with Crippen LogP contribution in [-0.4, -0.2) is 31.7 Å². The Morgan fingerprint density at radius 2 is 1.71 bits per heavy atom. The highest BCUT2D eigenvalue weighted by Crippen LogP contribution is 2.29. The van der Waals surface area contributed by atoms with E-state index in [-0.39, 0.29) is 4.90 Å². The Bertz CT molecular complexity index is 553. The number of benzene rings is 1. The van der Waals surface area contributed by atoms with Gasteiger partial charge in [0.1, 0.15) is 0 Å². The molecule has 0 atom stereocenters. The molecule has 7 heteroatoms. The first-order valence-electron chi connectivity index (χ1n) is 6.85. The number of rotatable bonds is 5. The van der Waals surface area contributed by atoms with E-state index in [0.717, 1.165) is 36.6 Å². The summed E-state index contributed by atoms with van der Waals surface area (Å²) in [6.07, 6.45) is 6.60. The van der Waals surface area contributed by atoms with Gasteiger partial charge >= 0.3 is 5.76 Å². The SMILES string of the molecule is CSC1CCC(Nc2ccc(S(=O)(=O)C(F)F)cc2)CC1. The van der Waals surface area contributed by atoms with Gasteiger partial charge in [-0.2, -0.15) is 20.5 Å². The predicted octanol–water partition coefficient (Wildman–Crippen LogP) is 3.77. The van der Waals surface area contributed by atoms with E-state index in [0.29, 0.717) is 6.04 Å². The average molecular weight is 335 g/mol. The van der Waals surface area contributed by atoms with Crippen molar-refractivity contribution < 1.29 is 17.2 Å². The Kier molecular flexibility index (Phi) is 5.48. The molecule has 1 saturated carbocycles. The summed E-state index contributed by atoms with van der Waals surface area (Å²) in [6, 6.07) is 5.94. The molecule has 0 spiro atoms. The number of hydrogen-bond donors (Lipinski definition) is 1. The topological polar surface area (TPSA) is 46.2 Å². The van der Waals surface area contributed by atoms with Crippen LogP contribution in [0.4, 0.5) is 14.5 Å². The quantitative estimate of drug-likeness (QED) is 0.890. The lowest BCUT2D eigenvalue weighted by Crippen LogP contribution is -2.27. The Morgan fingerprint density at radius 1 is 1.14 bits per heavy atom. The first kappa shape index (κ1) is 16.5. The van der Waals surface area contributed by atoms with Gasteiger partial charge in [-0.25, -0.2) is 8.42 Å². The molecular formula is C14H19F2NO2S2. The minimum absolute atomic E-state index is 0.339. The summed E-state index contributed by atoms with van der Waals surface area (Å²) in [7, 11) is -4.50. The minimum Gasteiger partial charge on any atom is -0.382 e. The molecule has 1 aliphatic carbocycles.